The molecule has 0 saturated heterocycles. The molecule has 0 aliphatic carbocycles. The summed E-state index contributed by atoms with van der Waals surface area (Å²) in [5.74, 6) is 5.54. The van der Waals surface area contributed by atoms with E-state index >= 15 is 0 Å². The Labute approximate surface area is 90.3 Å². The first-order valence-corrected chi connectivity index (χ1v) is 4.35. The largest absolute Gasteiger partial charge is 0.364 e. The predicted molar refractivity (Wildman–Crippen MR) is 55.5 cm³/mol. The zero-order valence-corrected chi connectivity index (χ0v) is 8.16. The second kappa shape index (κ2) is 3.95. The Bertz CT molecular complexity index is 521. The van der Waals surface area contributed by atoms with Gasteiger partial charge in [-0.3, -0.25) is 4.79 Å². The van der Waals surface area contributed by atoms with Gasteiger partial charge in [-0.15, -0.1) is 0 Å². The van der Waals surface area contributed by atoms with E-state index in [2.05, 4.69) is 20.5 Å². The van der Waals surface area contributed by atoms with Gasteiger partial charge in [0.25, 0.3) is 5.91 Å². The summed E-state index contributed by atoms with van der Waals surface area (Å²) in [5, 5.41) is 3.94. The lowest BCUT2D eigenvalue weighted by Gasteiger charge is -2.02. The fourth-order valence-electron chi connectivity index (χ4n) is 1.13. The number of aromatic nitrogens is 4. The topological polar surface area (TPSA) is 125 Å². The Morgan fingerprint density at radius 2 is 2.25 bits per heavy atom. The van der Waals surface area contributed by atoms with Crippen molar-refractivity contribution in [2.75, 3.05) is 5.43 Å². The highest BCUT2D eigenvalue weighted by Gasteiger charge is 2.07. The summed E-state index contributed by atoms with van der Waals surface area (Å²) < 4.78 is 1.41. The number of anilines is 1. The Morgan fingerprint density at radius 3 is 2.88 bits per heavy atom. The maximum Gasteiger partial charge on any atom is 0.269 e. The van der Waals surface area contributed by atoms with E-state index in [1.54, 1.807) is 12.3 Å². The molecule has 0 aliphatic rings. The average Bonchev–Trinajstić information content (AvgIpc) is 2.78. The lowest BCUT2D eigenvalue weighted by molar-refractivity contribution is 0.0995. The lowest BCUT2D eigenvalue weighted by atomic mass is 10.4. The Kier molecular flexibility index (Phi) is 2.48. The van der Waals surface area contributed by atoms with Crippen molar-refractivity contribution in [1.82, 2.24) is 19.7 Å². The summed E-state index contributed by atoms with van der Waals surface area (Å²) in [7, 11) is 0. The summed E-state index contributed by atoms with van der Waals surface area (Å²) in [6.45, 7) is 0. The highest BCUT2D eigenvalue weighted by molar-refractivity contribution is 5.90. The van der Waals surface area contributed by atoms with Crippen LogP contribution in [-0.2, 0) is 0 Å². The monoisotopic (exact) mass is 219 g/mol. The fourth-order valence-corrected chi connectivity index (χ4v) is 1.13. The minimum absolute atomic E-state index is 0.167. The number of carbonyl (C=O) groups is 1. The number of amides is 1. The first-order valence-electron chi connectivity index (χ1n) is 4.35. The molecule has 2 aromatic rings. The van der Waals surface area contributed by atoms with Crippen LogP contribution in [0.3, 0.4) is 0 Å². The molecule has 1 amide bonds. The van der Waals surface area contributed by atoms with E-state index in [0.717, 1.165) is 0 Å². The highest BCUT2D eigenvalue weighted by Crippen LogP contribution is 2.07. The Morgan fingerprint density at radius 1 is 1.44 bits per heavy atom. The first-order chi connectivity index (χ1) is 7.70. The number of nitrogens with zero attached hydrogens (tertiary/aromatic N) is 4. The summed E-state index contributed by atoms with van der Waals surface area (Å²) >= 11 is 0. The van der Waals surface area contributed by atoms with E-state index in [9.17, 15) is 4.79 Å². The quantitative estimate of drug-likeness (QED) is 0.451. The number of nitrogens with two attached hydrogens (primary N) is 2. The molecule has 0 spiro atoms. The van der Waals surface area contributed by atoms with Crippen molar-refractivity contribution in [3.8, 4) is 5.82 Å². The SMILES string of the molecule is NNc1cc(-n2ccc(C(N)=O)n2)ncn1. The van der Waals surface area contributed by atoms with Gasteiger partial charge in [-0.2, -0.15) is 5.10 Å². The summed E-state index contributed by atoms with van der Waals surface area (Å²) in [5.41, 5.74) is 7.63. The molecule has 0 atom stereocenters. The van der Waals surface area contributed by atoms with Crippen molar-refractivity contribution in [3.05, 3.63) is 30.4 Å². The van der Waals surface area contributed by atoms with Gasteiger partial charge in [0.1, 0.15) is 17.8 Å². The van der Waals surface area contributed by atoms with E-state index in [1.807, 2.05) is 0 Å². The number of hydrogen-bond donors (Lipinski definition) is 3. The summed E-state index contributed by atoms with van der Waals surface area (Å²) in [6, 6.07) is 3.08. The molecule has 82 valence electrons. The van der Waals surface area contributed by atoms with E-state index in [0.29, 0.717) is 11.6 Å². The molecule has 0 aromatic carbocycles. The number of nitrogens with one attached hydrogen (secondary N) is 1. The molecule has 2 heterocycles. The smallest absolute Gasteiger partial charge is 0.269 e. The average molecular weight is 219 g/mol. The fraction of sp³-hybridized carbons (Fsp3) is 0. The number of nitrogen functional groups attached to an aromatic ring is 1. The van der Waals surface area contributed by atoms with Crippen molar-refractivity contribution >= 4 is 11.7 Å². The minimum atomic E-state index is -0.593. The molecular formula is C8H9N7O. The van der Waals surface area contributed by atoms with Crippen molar-refractivity contribution in [3.63, 3.8) is 0 Å². The zero-order chi connectivity index (χ0) is 11.5. The van der Waals surface area contributed by atoms with Gasteiger partial charge in [0.2, 0.25) is 0 Å². The molecule has 0 unspecified atom stereocenters. The second-order valence-electron chi connectivity index (χ2n) is 2.92. The number of hydrazine groups is 1. The van der Waals surface area contributed by atoms with Crippen LogP contribution in [0, 0.1) is 0 Å². The van der Waals surface area contributed by atoms with Crippen LogP contribution < -0.4 is 17.0 Å². The van der Waals surface area contributed by atoms with E-state index < -0.39 is 5.91 Å². The minimum Gasteiger partial charge on any atom is -0.364 e. The summed E-state index contributed by atoms with van der Waals surface area (Å²) in [4.78, 5) is 18.7. The third-order valence-corrected chi connectivity index (χ3v) is 1.88. The van der Waals surface area contributed by atoms with Gasteiger partial charge in [0, 0.05) is 12.3 Å². The molecule has 0 bridgehead atoms. The predicted octanol–water partition coefficient (Wildman–Crippen LogP) is -0.953. The number of hydrogen-bond acceptors (Lipinski definition) is 6. The molecule has 0 saturated carbocycles. The zero-order valence-electron chi connectivity index (χ0n) is 8.16. The van der Waals surface area contributed by atoms with Crippen molar-refractivity contribution in [2.45, 2.75) is 0 Å². The molecule has 0 radical (unpaired) electrons. The lowest BCUT2D eigenvalue weighted by Crippen LogP contribution is -2.13. The van der Waals surface area contributed by atoms with Crippen LogP contribution in [0.1, 0.15) is 10.5 Å². The summed E-state index contributed by atoms with van der Waals surface area (Å²) in [6.07, 6.45) is 2.90. The van der Waals surface area contributed by atoms with Crippen LogP contribution >= 0.6 is 0 Å². The van der Waals surface area contributed by atoms with Crippen molar-refractivity contribution in [1.29, 1.82) is 0 Å². The number of carbonyl (C=O) groups excluding carboxylic acids is 1. The van der Waals surface area contributed by atoms with Crippen LogP contribution in [0.5, 0.6) is 0 Å². The first kappa shape index (κ1) is 10.1. The molecule has 2 aromatic heterocycles. The van der Waals surface area contributed by atoms with Gasteiger partial charge in [0.15, 0.2) is 5.82 Å². The van der Waals surface area contributed by atoms with Gasteiger partial charge in [-0.1, -0.05) is 0 Å². The van der Waals surface area contributed by atoms with Gasteiger partial charge in [-0.25, -0.2) is 20.5 Å². The number of primary amides is 1. The maximum absolute atomic E-state index is 10.8. The molecule has 2 rings (SSSR count). The second-order valence-corrected chi connectivity index (χ2v) is 2.92. The number of rotatable bonds is 3. The highest BCUT2D eigenvalue weighted by atomic mass is 16.1. The molecule has 0 aliphatic heterocycles. The molecule has 8 nitrogen and oxygen atoms in total. The van der Waals surface area contributed by atoms with Crippen molar-refractivity contribution in [2.24, 2.45) is 11.6 Å². The van der Waals surface area contributed by atoms with Gasteiger partial charge in [-0.05, 0) is 6.07 Å². The van der Waals surface area contributed by atoms with Crippen LogP contribution in [0.25, 0.3) is 5.82 Å². The van der Waals surface area contributed by atoms with Gasteiger partial charge in [0.05, 0.1) is 0 Å². The maximum atomic E-state index is 10.8. The van der Waals surface area contributed by atoms with Crippen LogP contribution in [0.15, 0.2) is 24.7 Å². The van der Waals surface area contributed by atoms with E-state index in [1.165, 1.54) is 17.1 Å². The van der Waals surface area contributed by atoms with Gasteiger partial charge < -0.3 is 11.2 Å². The molecule has 16 heavy (non-hydrogen) atoms. The molecule has 8 heteroatoms. The Hall–Kier alpha value is -2.48. The van der Waals surface area contributed by atoms with E-state index in [4.69, 9.17) is 11.6 Å². The van der Waals surface area contributed by atoms with Crippen molar-refractivity contribution < 1.29 is 4.79 Å². The molecular weight excluding hydrogens is 210 g/mol. The standard InChI is InChI=1S/C8H9N7O/c9-8(16)5-1-2-15(14-5)7-3-6(13-10)11-4-12-7/h1-4H,10H2,(H2,9,16)(H,11,12,13). The van der Waals surface area contributed by atoms with Gasteiger partial charge >= 0.3 is 0 Å². The third kappa shape index (κ3) is 1.81. The van der Waals surface area contributed by atoms with E-state index in [-0.39, 0.29) is 5.69 Å². The third-order valence-electron chi connectivity index (χ3n) is 1.88. The Balaban J connectivity index is 2.38. The van der Waals surface area contributed by atoms with Crippen LogP contribution in [0.2, 0.25) is 0 Å². The molecule has 0 fully saturated rings. The van der Waals surface area contributed by atoms with Crippen LogP contribution in [-0.4, -0.2) is 25.7 Å². The normalized spacial score (nSPS) is 10.1. The van der Waals surface area contributed by atoms with Crippen LogP contribution in [0.4, 0.5) is 5.82 Å². The molecule has 5 N–H and O–H groups in total.